The van der Waals surface area contributed by atoms with E-state index in [1.54, 1.807) is 18.2 Å². The Hall–Kier alpha value is -5.12. The minimum absolute atomic E-state index is 0.0935. The number of carbonyl (C=O) groups is 5. The summed E-state index contributed by atoms with van der Waals surface area (Å²) in [6.07, 6.45) is 6.07. The van der Waals surface area contributed by atoms with Crippen molar-refractivity contribution in [3.63, 3.8) is 0 Å². The molecule has 1 unspecified atom stereocenters. The third kappa shape index (κ3) is 6.54. The van der Waals surface area contributed by atoms with Gasteiger partial charge in [-0.1, -0.05) is 45.4 Å². The summed E-state index contributed by atoms with van der Waals surface area (Å²) in [4.78, 5) is 72.1. The Morgan fingerprint density at radius 1 is 0.946 bits per heavy atom. The molecule has 0 radical (unpaired) electrons. The Balaban J connectivity index is 0.822. The number of pyridine rings is 1. The van der Waals surface area contributed by atoms with Crippen molar-refractivity contribution in [2.24, 2.45) is 16.7 Å². The first-order valence-corrected chi connectivity index (χ1v) is 19.8. The van der Waals surface area contributed by atoms with Crippen LogP contribution in [0.5, 0.6) is 5.75 Å². The lowest BCUT2D eigenvalue weighted by Gasteiger charge is -2.63. The van der Waals surface area contributed by atoms with Crippen molar-refractivity contribution in [3.8, 4) is 11.8 Å². The molecule has 3 aromatic rings. The Morgan fingerprint density at radius 2 is 1.61 bits per heavy atom. The third-order valence-electron chi connectivity index (χ3n) is 12.8. The standard InChI is InChI=1S/C43H45ClN6O6/c1-42(2)40(43(3,4)41(42)56-29-11-9-25(18-45)32(44)17-29)48-36(52)33-12-10-26(19-46-33)24-7-5-23(6-8-24)20-49-21-27-15-30-31(16-28(27)22-49)39(55)50(38(30)54)34-13-14-35(51)47-37(34)53/h9-12,15-17,19,23-24,34,40-41H,5-8,13-14,20-22H2,1-4H3,(H,48,52)(H,47,51,53)/t23-,24-,34?,40-,41-. The maximum absolute atomic E-state index is 13.4. The number of rotatable bonds is 8. The molecule has 0 bridgehead atoms. The molecule has 5 amide bonds. The van der Waals surface area contributed by atoms with Crippen LogP contribution in [0.15, 0.2) is 48.7 Å². The number of benzene rings is 2. The molecule has 4 heterocycles. The molecule has 1 aromatic heterocycles. The molecule has 1 atom stereocenters. The number of hydrogen-bond acceptors (Lipinski definition) is 9. The summed E-state index contributed by atoms with van der Waals surface area (Å²) < 4.78 is 6.36. The first-order valence-electron chi connectivity index (χ1n) is 19.4. The lowest BCUT2D eigenvalue weighted by Crippen LogP contribution is -2.74. The summed E-state index contributed by atoms with van der Waals surface area (Å²) in [5.41, 5.74) is 3.88. The molecule has 2 N–H and O–H groups in total. The summed E-state index contributed by atoms with van der Waals surface area (Å²) in [5, 5.41) is 15.0. The van der Waals surface area contributed by atoms with Crippen LogP contribution in [0.25, 0.3) is 0 Å². The zero-order chi connectivity index (χ0) is 39.7. The largest absolute Gasteiger partial charge is 0.489 e. The Labute approximate surface area is 330 Å². The van der Waals surface area contributed by atoms with Crippen LogP contribution < -0.4 is 15.4 Å². The molecule has 12 nitrogen and oxygen atoms in total. The van der Waals surface area contributed by atoms with Gasteiger partial charge in [0, 0.05) is 55.2 Å². The fourth-order valence-corrected chi connectivity index (χ4v) is 10.4. The second-order valence-corrected chi connectivity index (χ2v) is 17.7. The van der Waals surface area contributed by atoms with E-state index in [0.29, 0.717) is 58.1 Å². The van der Waals surface area contributed by atoms with E-state index in [0.717, 1.165) is 53.8 Å². The predicted octanol–water partition coefficient (Wildman–Crippen LogP) is 5.91. The van der Waals surface area contributed by atoms with Gasteiger partial charge in [0.25, 0.3) is 17.7 Å². The van der Waals surface area contributed by atoms with E-state index < -0.39 is 29.7 Å². The number of nitriles is 1. The number of aromatic nitrogens is 1. The van der Waals surface area contributed by atoms with E-state index in [1.807, 2.05) is 30.5 Å². The quantitative estimate of drug-likeness (QED) is 0.265. The van der Waals surface area contributed by atoms with Gasteiger partial charge < -0.3 is 10.1 Å². The highest BCUT2D eigenvalue weighted by Gasteiger charge is 2.64. The minimum atomic E-state index is -0.966. The Morgan fingerprint density at radius 3 is 2.18 bits per heavy atom. The molecular formula is C43H45ClN6O6. The molecular weight excluding hydrogens is 732 g/mol. The number of nitrogens with one attached hydrogen (secondary N) is 2. The zero-order valence-corrected chi connectivity index (χ0v) is 32.7. The SMILES string of the molecule is CC1(C)[C@H](NC(=O)c2ccc([C@H]3CC[C@H](CN4Cc5cc6c(cc5C4)C(=O)N(C4CCC(=O)NC4=O)C6=O)CC3)cn2)C(C)(C)[C@H]1Oc1ccc(C#N)c(Cl)c1. The number of piperidine rings is 1. The van der Waals surface area contributed by atoms with Crippen molar-refractivity contribution < 1.29 is 28.7 Å². The van der Waals surface area contributed by atoms with Crippen LogP contribution in [-0.2, 0) is 22.7 Å². The molecule has 3 aliphatic heterocycles. The molecule has 56 heavy (non-hydrogen) atoms. The number of hydrogen-bond donors (Lipinski definition) is 2. The average molecular weight is 777 g/mol. The highest BCUT2D eigenvalue weighted by Crippen LogP contribution is 2.55. The molecule has 1 saturated heterocycles. The van der Waals surface area contributed by atoms with Crippen molar-refractivity contribution >= 4 is 41.1 Å². The maximum atomic E-state index is 13.4. The Kier molecular flexibility index (Phi) is 9.53. The van der Waals surface area contributed by atoms with E-state index in [4.69, 9.17) is 16.3 Å². The number of halogens is 1. The van der Waals surface area contributed by atoms with Gasteiger partial charge in [-0.2, -0.15) is 5.26 Å². The number of fused-ring (bicyclic) bond motifs is 2. The molecule has 3 fully saturated rings. The topological polar surface area (TPSA) is 162 Å². The fourth-order valence-electron chi connectivity index (χ4n) is 10.2. The summed E-state index contributed by atoms with van der Waals surface area (Å²) in [5.74, 6) is -0.680. The van der Waals surface area contributed by atoms with Crippen LogP contribution in [-0.4, -0.2) is 69.1 Å². The van der Waals surface area contributed by atoms with Gasteiger partial charge in [0.2, 0.25) is 11.8 Å². The van der Waals surface area contributed by atoms with E-state index in [-0.39, 0.29) is 41.7 Å². The molecule has 290 valence electrons. The predicted molar refractivity (Wildman–Crippen MR) is 206 cm³/mol. The minimum Gasteiger partial charge on any atom is -0.489 e. The van der Waals surface area contributed by atoms with Crippen LogP contribution in [0.4, 0.5) is 0 Å². The van der Waals surface area contributed by atoms with E-state index in [2.05, 4.69) is 54.3 Å². The molecule has 2 aromatic carbocycles. The normalized spacial score (nSPS) is 26.5. The number of nitrogens with zero attached hydrogens (tertiary/aromatic N) is 4. The molecule has 2 aliphatic carbocycles. The molecule has 13 heteroatoms. The Bertz CT molecular complexity index is 2140. The van der Waals surface area contributed by atoms with Gasteiger partial charge in [-0.05, 0) is 91.0 Å². The highest BCUT2D eigenvalue weighted by molar-refractivity contribution is 6.31. The summed E-state index contributed by atoms with van der Waals surface area (Å²) in [7, 11) is 0. The monoisotopic (exact) mass is 776 g/mol. The molecule has 8 rings (SSSR count). The summed E-state index contributed by atoms with van der Waals surface area (Å²) >= 11 is 6.24. The van der Waals surface area contributed by atoms with E-state index >= 15 is 0 Å². The average Bonchev–Trinajstić information content (AvgIpc) is 3.67. The smallest absolute Gasteiger partial charge is 0.270 e. The first-order chi connectivity index (χ1) is 26.6. The van der Waals surface area contributed by atoms with Crippen molar-refractivity contribution in [1.29, 1.82) is 5.26 Å². The summed E-state index contributed by atoms with van der Waals surface area (Å²) in [6.45, 7) is 10.6. The van der Waals surface area contributed by atoms with Crippen molar-refractivity contribution in [2.75, 3.05) is 6.54 Å². The lowest BCUT2D eigenvalue weighted by molar-refractivity contribution is -0.164. The summed E-state index contributed by atoms with van der Waals surface area (Å²) in [6, 6.07) is 13.5. The van der Waals surface area contributed by atoms with Crippen LogP contribution in [0, 0.1) is 28.1 Å². The van der Waals surface area contributed by atoms with Crippen LogP contribution in [0.2, 0.25) is 5.02 Å². The number of ether oxygens (including phenoxy) is 1. The second-order valence-electron chi connectivity index (χ2n) is 17.3. The third-order valence-corrected chi connectivity index (χ3v) is 13.1. The van der Waals surface area contributed by atoms with E-state index in [1.165, 1.54) is 0 Å². The van der Waals surface area contributed by atoms with Gasteiger partial charge in [0.15, 0.2) is 0 Å². The van der Waals surface area contributed by atoms with Crippen LogP contribution >= 0.6 is 11.6 Å². The zero-order valence-electron chi connectivity index (χ0n) is 32.0. The van der Waals surface area contributed by atoms with Crippen LogP contribution in [0.1, 0.15) is 126 Å². The maximum Gasteiger partial charge on any atom is 0.270 e. The van der Waals surface area contributed by atoms with Crippen molar-refractivity contribution in [2.45, 2.75) is 103 Å². The van der Waals surface area contributed by atoms with Crippen LogP contribution in [0.3, 0.4) is 0 Å². The van der Waals surface area contributed by atoms with Gasteiger partial charge in [-0.3, -0.25) is 44.1 Å². The number of amides is 5. The molecule has 2 saturated carbocycles. The lowest BCUT2D eigenvalue weighted by atomic mass is 9.49. The van der Waals surface area contributed by atoms with Gasteiger partial charge in [0.1, 0.15) is 29.7 Å². The van der Waals surface area contributed by atoms with Gasteiger partial charge in [-0.25, -0.2) is 0 Å². The highest BCUT2D eigenvalue weighted by atomic mass is 35.5. The van der Waals surface area contributed by atoms with Gasteiger partial charge in [0.05, 0.1) is 21.7 Å². The number of carbonyl (C=O) groups excluding carboxylic acids is 5. The van der Waals surface area contributed by atoms with Crippen molar-refractivity contribution in [1.82, 2.24) is 25.4 Å². The number of imide groups is 2. The molecule has 0 spiro atoms. The first kappa shape index (κ1) is 37.8. The van der Waals surface area contributed by atoms with Crippen molar-refractivity contribution in [3.05, 3.63) is 92.8 Å². The van der Waals surface area contributed by atoms with Gasteiger partial charge >= 0.3 is 0 Å². The van der Waals surface area contributed by atoms with E-state index in [9.17, 15) is 29.2 Å². The fraction of sp³-hybridized carbons (Fsp3) is 0.465. The second kappa shape index (κ2) is 14.1. The molecule has 5 aliphatic rings. The van der Waals surface area contributed by atoms with Gasteiger partial charge in [-0.15, -0.1) is 0 Å².